The van der Waals surface area contributed by atoms with Crippen molar-refractivity contribution in [1.29, 1.82) is 0 Å². The molecule has 0 aromatic heterocycles. The molecule has 6 heteroatoms. The molecule has 0 bridgehead atoms. The lowest BCUT2D eigenvalue weighted by molar-refractivity contribution is -0.123. The Kier molecular flexibility index (Phi) is 6.63. The summed E-state index contributed by atoms with van der Waals surface area (Å²) in [6.45, 7) is 2.55. The van der Waals surface area contributed by atoms with Crippen molar-refractivity contribution in [3.05, 3.63) is 64.7 Å². The van der Waals surface area contributed by atoms with E-state index < -0.39 is 0 Å². The Bertz CT molecular complexity index is 702. The van der Waals surface area contributed by atoms with Crippen LogP contribution in [0.3, 0.4) is 0 Å². The number of ether oxygens (including phenoxy) is 1. The number of hydrogen-bond donors (Lipinski definition) is 2. The maximum atomic E-state index is 11.9. The number of halogens is 1. The Balaban J connectivity index is 1.64. The van der Waals surface area contributed by atoms with Gasteiger partial charge in [0.25, 0.3) is 11.8 Å². The minimum absolute atomic E-state index is 0.0609. The molecule has 0 saturated heterocycles. The van der Waals surface area contributed by atoms with Gasteiger partial charge in [0.1, 0.15) is 5.75 Å². The minimum atomic E-state index is -0.239. The first-order valence-electron chi connectivity index (χ1n) is 7.54. The maximum Gasteiger partial charge on any atom is 0.258 e. The average Bonchev–Trinajstić information content (AvgIpc) is 2.57. The molecular weight excluding hydrogens is 328 g/mol. The van der Waals surface area contributed by atoms with Crippen molar-refractivity contribution in [2.75, 3.05) is 19.7 Å². The molecule has 0 fully saturated rings. The molecule has 0 spiro atoms. The fraction of sp³-hybridized carbons (Fsp3) is 0.222. The van der Waals surface area contributed by atoms with Gasteiger partial charge < -0.3 is 15.4 Å². The second kappa shape index (κ2) is 8.93. The molecule has 0 radical (unpaired) electrons. The summed E-state index contributed by atoms with van der Waals surface area (Å²) in [5, 5.41) is 5.98. The van der Waals surface area contributed by atoms with Gasteiger partial charge in [0.15, 0.2) is 6.61 Å². The predicted molar refractivity (Wildman–Crippen MR) is 93.5 cm³/mol. The molecule has 0 unspecified atom stereocenters. The van der Waals surface area contributed by atoms with E-state index in [1.165, 1.54) is 0 Å². The second-order valence-electron chi connectivity index (χ2n) is 5.22. The molecule has 5 nitrogen and oxygen atoms in total. The van der Waals surface area contributed by atoms with Crippen molar-refractivity contribution in [2.45, 2.75) is 6.92 Å². The molecule has 2 amide bonds. The molecule has 0 aliphatic rings. The first-order chi connectivity index (χ1) is 11.5. The number of aryl methyl sites for hydroxylation is 1. The van der Waals surface area contributed by atoms with Crippen molar-refractivity contribution < 1.29 is 14.3 Å². The Hall–Kier alpha value is -2.53. The molecule has 2 aromatic carbocycles. The molecule has 2 N–H and O–H groups in total. The van der Waals surface area contributed by atoms with E-state index in [1.54, 1.807) is 30.3 Å². The van der Waals surface area contributed by atoms with Gasteiger partial charge in [0.05, 0.1) is 0 Å². The number of carbonyl (C=O) groups excluding carboxylic acids is 2. The molecule has 126 valence electrons. The van der Waals surface area contributed by atoms with Gasteiger partial charge in [0, 0.05) is 23.7 Å². The maximum absolute atomic E-state index is 11.9. The van der Waals surface area contributed by atoms with Gasteiger partial charge in [-0.3, -0.25) is 9.59 Å². The van der Waals surface area contributed by atoms with Crippen molar-refractivity contribution in [3.63, 3.8) is 0 Å². The lowest BCUT2D eigenvalue weighted by atomic mass is 10.2. The number of amides is 2. The van der Waals surface area contributed by atoms with Gasteiger partial charge in [-0.25, -0.2) is 0 Å². The summed E-state index contributed by atoms with van der Waals surface area (Å²) in [4.78, 5) is 23.5. The number of hydrogen-bond acceptors (Lipinski definition) is 3. The van der Waals surface area contributed by atoms with Crippen LogP contribution in [0.4, 0.5) is 0 Å². The Labute approximate surface area is 146 Å². The number of carbonyl (C=O) groups is 2. The van der Waals surface area contributed by atoms with Crippen LogP contribution in [0.1, 0.15) is 15.9 Å². The average molecular weight is 347 g/mol. The molecule has 2 aromatic rings. The fourth-order valence-electron chi connectivity index (χ4n) is 1.99. The minimum Gasteiger partial charge on any atom is -0.484 e. The summed E-state index contributed by atoms with van der Waals surface area (Å²) < 4.78 is 5.40. The van der Waals surface area contributed by atoms with Crippen LogP contribution in [0.25, 0.3) is 0 Å². The highest BCUT2D eigenvalue weighted by atomic mass is 35.5. The van der Waals surface area contributed by atoms with Gasteiger partial charge in [-0.15, -0.1) is 0 Å². The van der Waals surface area contributed by atoms with Crippen LogP contribution >= 0.6 is 11.6 Å². The van der Waals surface area contributed by atoms with Crippen LogP contribution in [-0.4, -0.2) is 31.5 Å². The van der Waals surface area contributed by atoms with Gasteiger partial charge >= 0.3 is 0 Å². The van der Waals surface area contributed by atoms with E-state index in [9.17, 15) is 9.59 Å². The van der Waals surface area contributed by atoms with Crippen molar-refractivity contribution in [2.24, 2.45) is 0 Å². The molecule has 2 rings (SSSR count). The molecule has 0 atom stereocenters. The Morgan fingerprint density at radius 1 is 1.04 bits per heavy atom. The SMILES string of the molecule is Cc1cccc(OCC(=O)NCCNC(=O)c2ccc(Cl)cc2)c1. The lowest BCUT2D eigenvalue weighted by Crippen LogP contribution is -2.36. The summed E-state index contributed by atoms with van der Waals surface area (Å²) in [6, 6.07) is 14.1. The van der Waals surface area contributed by atoms with Gasteiger partial charge in [0.2, 0.25) is 0 Å². The summed E-state index contributed by atoms with van der Waals surface area (Å²) in [6.07, 6.45) is 0. The third-order valence-corrected chi connectivity index (χ3v) is 3.45. The first-order valence-corrected chi connectivity index (χ1v) is 7.92. The number of benzene rings is 2. The van der Waals surface area contributed by atoms with E-state index in [-0.39, 0.29) is 18.4 Å². The summed E-state index contributed by atoms with van der Waals surface area (Å²) in [7, 11) is 0. The molecule has 0 aliphatic heterocycles. The predicted octanol–water partition coefficient (Wildman–Crippen LogP) is 2.57. The third kappa shape index (κ3) is 5.93. The van der Waals surface area contributed by atoms with Crippen molar-refractivity contribution in [3.8, 4) is 5.75 Å². The van der Waals surface area contributed by atoms with Gasteiger partial charge in [-0.05, 0) is 48.9 Å². The standard InChI is InChI=1S/C18H19ClN2O3/c1-13-3-2-4-16(11-13)24-12-17(22)20-9-10-21-18(23)14-5-7-15(19)8-6-14/h2-8,11H,9-10,12H2,1H3,(H,20,22)(H,21,23). The summed E-state index contributed by atoms with van der Waals surface area (Å²) in [5.41, 5.74) is 1.59. The van der Waals surface area contributed by atoms with Gasteiger partial charge in [-0.1, -0.05) is 23.7 Å². The van der Waals surface area contributed by atoms with Crippen LogP contribution in [-0.2, 0) is 4.79 Å². The van der Waals surface area contributed by atoms with E-state index in [0.29, 0.717) is 29.4 Å². The second-order valence-corrected chi connectivity index (χ2v) is 5.65. The Morgan fingerprint density at radius 3 is 2.46 bits per heavy atom. The van der Waals surface area contributed by atoms with Crippen molar-refractivity contribution in [1.82, 2.24) is 10.6 Å². The monoisotopic (exact) mass is 346 g/mol. The zero-order chi connectivity index (χ0) is 17.4. The van der Waals surface area contributed by atoms with Crippen LogP contribution in [0.2, 0.25) is 5.02 Å². The van der Waals surface area contributed by atoms with Crippen molar-refractivity contribution >= 4 is 23.4 Å². The Morgan fingerprint density at radius 2 is 1.75 bits per heavy atom. The molecule has 0 heterocycles. The quantitative estimate of drug-likeness (QED) is 0.757. The zero-order valence-corrected chi connectivity index (χ0v) is 14.1. The lowest BCUT2D eigenvalue weighted by Gasteiger charge is -2.09. The number of rotatable bonds is 7. The van der Waals surface area contributed by atoms with E-state index >= 15 is 0 Å². The topological polar surface area (TPSA) is 67.4 Å². The van der Waals surface area contributed by atoms with Crippen LogP contribution in [0, 0.1) is 6.92 Å². The number of nitrogens with one attached hydrogen (secondary N) is 2. The highest BCUT2D eigenvalue weighted by Crippen LogP contribution is 2.12. The van der Waals surface area contributed by atoms with Crippen LogP contribution in [0.5, 0.6) is 5.75 Å². The molecular formula is C18H19ClN2O3. The summed E-state index contributed by atoms with van der Waals surface area (Å²) in [5.74, 6) is 0.204. The first kappa shape index (κ1) is 17.8. The van der Waals surface area contributed by atoms with Gasteiger partial charge in [-0.2, -0.15) is 0 Å². The van der Waals surface area contributed by atoms with Crippen LogP contribution < -0.4 is 15.4 Å². The third-order valence-electron chi connectivity index (χ3n) is 3.20. The normalized spacial score (nSPS) is 10.1. The zero-order valence-electron chi connectivity index (χ0n) is 13.3. The summed E-state index contributed by atoms with van der Waals surface area (Å²) >= 11 is 5.77. The largest absolute Gasteiger partial charge is 0.484 e. The molecule has 24 heavy (non-hydrogen) atoms. The highest BCUT2D eigenvalue weighted by Gasteiger charge is 2.05. The van der Waals surface area contributed by atoms with E-state index in [4.69, 9.17) is 16.3 Å². The smallest absolute Gasteiger partial charge is 0.258 e. The molecule has 0 aliphatic carbocycles. The van der Waals surface area contributed by atoms with E-state index in [0.717, 1.165) is 5.56 Å². The fourth-order valence-corrected chi connectivity index (χ4v) is 2.11. The molecule has 0 saturated carbocycles. The highest BCUT2D eigenvalue weighted by molar-refractivity contribution is 6.30. The van der Waals surface area contributed by atoms with Crippen LogP contribution in [0.15, 0.2) is 48.5 Å². The van der Waals surface area contributed by atoms with E-state index in [1.807, 2.05) is 25.1 Å². The van der Waals surface area contributed by atoms with E-state index in [2.05, 4.69) is 10.6 Å².